The van der Waals surface area contributed by atoms with Gasteiger partial charge in [-0.25, -0.2) is 4.98 Å². The van der Waals surface area contributed by atoms with Crippen molar-refractivity contribution in [2.24, 2.45) is 7.05 Å². The summed E-state index contributed by atoms with van der Waals surface area (Å²) in [4.78, 5) is 29.2. The molecular formula is C19H20N4O2. The molecule has 2 N–H and O–H groups in total. The van der Waals surface area contributed by atoms with E-state index in [-0.39, 0.29) is 11.8 Å². The molecule has 1 heterocycles. The third-order valence-electron chi connectivity index (χ3n) is 4.34. The molecule has 2 aromatic carbocycles. The van der Waals surface area contributed by atoms with Crippen molar-refractivity contribution >= 4 is 28.5 Å². The Hall–Kier alpha value is -3.15. The zero-order chi connectivity index (χ0) is 18.1. The van der Waals surface area contributed by atoms with Crippen LogP contribution in [0.3, 0.4) is 0 Å². The zero-order valence-corrected chi connectivity index (χ0v) is 14.7. The third-order valence-corrected chi connectivity index (χ3v) is 4.34. The summed E-state index contributed by atoms with van der Waals surface area (Å²) < 4.78 is 1.97. The first-order chi connectivity index (χ1) is 11.9. The highest BCUT2D eigenvalue weighted by Crippen LogP contribution is 2.22. The number of benzene rings is 2. The van der Waals surface area contributed by atoms with Gasteiger partial charge in [-0.15, -0.1) is 0 Å². The van der Waals surface area contributed by atoms with Gasteiger partial charge in [-0.1, -0.05) is 12.1 Å². The van der Waals surface area contributed by atoms with Crippen LogP contribution in [0, 0.1) is 13.8 Å². The average molecular weight is 336 g/mol. The quantitative estimate of drug-likeness (QED) is 0.772. The highest BCUT2D eigenvalue weighted by atomic mass is 16.2. The molecule has 0 bridgehead atoms. The second-order valence-electron chi connectivity index (χ2n) is 5.95. The Balaban J connectivity index is 1.95. The number of carbonyl (C=O) groups is 2. The van der Waals surface area contributed by atoms with Crippen LogP contribution in [0.1, 0.15) is 32.1 Å². The van der Waals surface area contributed by atoms with E-state index in [9.17, 15) is 9.59 Å². The fraction of sp³-hybridized carbons (Fsp3) is 0.211. The highest BCUT2D eigenvalue weighted by Gasteiger charge is 2.16. The van der Waals surface area contributed by atoms with Crippen molar-refractivity contribution in [3.63, 3.8) is 0 Å². The van der Waals surface area contributed by atoms with Crippen molar-refractivity contribution in [2.75, 3.05) is 12.4 Å². The number of hydrogen-bond acceptors (Lipinski definition) is 3. The van der Waals surface area contributed by atoms with Crippen molar-refractivity contribution in [1.29, 1.82) is 0 Å². The van der Waals surface area contributed by atoms with Gasteiger partial charge >= 0.3 is 0 Å². The van der Waals surface area contributed by atoms with E-state index in [2.05, 4.69) is 15.6 Å². The van der Waals surface area contributed by atoms with Gasteiger partial charge in [0.25, 0.3) is 11.8 Å². The first-order valence-electron chi connectivity index (χ1n) is 7.98. The van der Waals surface area contributed by atoms with Crippen molar-refractivity contribution < 1.29 is 9.59 Å². The van der Waals surface area contributed by atoms with Gasteiger partial charge in [0.1, 0.15) is 5.82 Å². The monoisotopic (exact) mass is 336 g/mol. The largest absolute Gasteiger partial charge is 0.355 e. The molecule has 0 aliphatic heterocycles. The van der Waals surface area contributed by atoms with Crippen LogP contribution in [0.4, 0.5) is 5.69 Å². The van der Waals surface area contributed by atoms with Crippen molar-refractivity contribution in [3.8, 4) is 0 Å². The number of fused-ring (bicyclic) bond motifs is 1. The van der Waals surface area contributed by atoms with Crippen molar-refractivity contribution in [1.82, 2.24) is 14.9 Å². The standard InChI is InChI=1S/C19H20N4O2/c1-11-6-5-7-14(17(11)19(25)20-3)22-18(24)13-8-9-16-15(10-13)21-12(2)23(16)4/h5-10H,1-4H3,(H,20,25)(H,22,24). The van der Waals surface area contributed by atoms with Gasteiger partial charge in [0.05, 0.1) is 22.3 Å². The van der Waals surface area contributed by atoms with E-state index in [0.29, 0.717) is 16.8 Å². The molecule has 0 atom stereocenters. The van der Waals surface area contributed by atoms with Gasteiger partial charge in [0.15, 0.2) is 0 Å². The van der Waals surface area contributed by atoms with Crippen LogP contribution in [0.2, 0.25) is 0 Å². The van der Waals surface area contributed by atoms with Crippen LogP contribution in [0.5, 0.6) is 0 Å². The molecule has 0 fully saturated rings. The van der Waals surface area contributed by atoms with E-state index in [4.69, 9.17) is 0 Å². The summed E-state index contributed by atoms with van der Waals surface area (Å²) in [5.74, 6) is 0.373. The molecule has 25 heavy (non-hydrogen) atoms. The Morgan fingerprint density at radius 3 is 2.56 bits per heavy atom. The number of anilines is 1. The number of aromatic nitrogens is 2. The van der Waals surface area contributed by atoms with E-state index in [1.54, 1.807) is 25.2 Å². The number of aryl methyl sites for hydroxylation is 3. The minimum Gasteiger partial charge on any atom is -0.355 e. The van der Waals surface area contributed by atoms with E-state index < -0.39 is 0 Å². The van der Waals surface area contributed by atoms with Crippen LogP contribution in [0.25, 0.3) is 11.0 Å². The number of rotatable bonds is 3. The van der Waals surface area contributed by atoms with Gasteiger partial charge in [-0.3, -0.25) is 9.59 Å². The summed E-state index contributed by atoms with van der Waals surface area (Å²) in [6, 6.07) is 10.8. The van der Waals surface area contributed by atoms with Gasteiger partial charge in [-0.2, -0.15) is 0 Å². The van der Waals surface area contributed by atoms with E-state index in [0.717, 1.165) is 22.4 Å². The molecule has 0 unspecified atom stereocenters. The number of imidazole rings is 1. The fourth-order valence-electron chi connectivity index (χ4n) is 2.85. The summed E-state index contributed by atoms with van der Waals surface area (Å²) in [6.07, 6.45) is 0. The van der Waals surface area contributed by atoms with E-state index in [1.165, 1.54) is 0 Å². The van der Waals surface area contributed by atoms with Gasteiger partial charge < -0.3 is 15.2 Å². The Kier molecular flexibility index (Phi) is 4.27. The number of hydrogen-bond donors (Lipinski definition) is 2. The number of carbonyl (C=O) groups excluding carboxylic acids is 2. The van der Waals surface area contributed by atoms with Crippen molar-refractivity contribution in [2.45, 2.75) is 13.8 Å². The molecule has 0 saturated heterocycles. The van der Waals surface area contributed by atoms with Crippen LogP contribution in [-0.4, -0.2) is 28.4 Å². The maximum absolute atomic E-state index is 12.6. The second kappa shape index (κ2) is 6.39. The number of nitrogens with zero attached hydrogens (tertiary/aromatic N) is 2. The fourth-order valence-corrected chi connectivity index (χ4v) is 2.85. The zero-order valence-electron chi connectivity index (χ0n) is 14.7. The molecule has 2 amide bonds. The number of nitrogens with one attached hydrogen (secondary N) is 2. The molecular weight excluding hydrogens is 316 g/mol. The highest BCUT2D eigenvalue weighted by molar-refractivity contribution is 6.10. The Labute approximate surface area is 145 Å². The average Bonchev–Trinajstić information content (AvgIpc) is 2.88. The smallest absolute Gasteiger partial charge is 0.255 e. The Bertz CT molecular complexity index is 988. The lowest BCUT2D eigenvalue weighted by molar-refractivity contribution is 0.0963. The predicted octanol–water partition coefficient (Wildman–Crippen LogP) is 2.80. The third kappa shape index (κ3) is 2.98. The lowest BCUT2D eigenvalue weighted by Crippen LogP contribution is -2.22. The maximum Gasteiger partial charge on any atom is 0.255 e. The second-order valence-corrected chi connectivity index (χ2v) is 5.95. The van der Waals surface area contributed by atoms with E-state index >= 15 is 0 Å². The van der Waals surface area contributed by atoms with E-state index in [1.807, 2.05) is 43.7 Å². The summed E-state index contributed by atoms with van der Waals surface area (Å²) in [6.45, 7) is 3.76. The lowest BCUT2D eigenvalue weighted by Gasteiger charge is -2.12. The minimum atomic E-state index is -0.277. The van der Waals surface area contributed by atoms with Crippen LogP contribution < -0.4 is 10.6 Å². The summed E-state index contributed by atoms with van der Waals surface area (Å²) in [5.41, 5.74) is 3.98. The summed E-state index contributed by atoms with van der Waals surface area (Å²) in [5, 5.41) is 5.44. The van der Waals surface area contributed by atoms with Crippen LogP contribution in [0.15, 0.2) is 36.4 Å². The molecule has 0 aliphatic rings. The van der Waals surface area contributed by atoms with Gasteiger partial charge in [0.2, 0.25) is 0 Å². The van der Waals surface area contributed by atoms with Crippen LogP contribution in [-0.2, 0) is 7.05 Å². The summed E-state index contributed by atoms with van der Waals surface area (Å²) in [7, 11) is 3.50. The minimum absolute atomic E-state index is 0.232. The molecule has 3 rings (SSSR count). The molecule has 6 heteroatoms. The maximum atomic E-state index is 12.6. The Morgan fingerprint density at radius 2 is 1.84 bits per heavy atom. The molecule has 0 aliphatic carbocycles. The van der Waals surface area contributed by atoms with Crippen LogP contribution >= 0.6 is 0 Å². The molecule has 6 nitrogen and oxygen atoms in total. The van der Waals surface area contributed by atoms with Gasteiger partial charge in [-0.05, 0) is 43.7 Å². The molecule has 3 aromatic rings. The normalized spacial score (nSPS) is 10.7. The van der Waals surface area contributed by atoms with Gasteiger partial charge in [0, 0.05) is 19.7 Å². The summed E-state index contributed by atoms with van der Waals surface area (Å²) >= 11 is 0. The topological polar surface area (TPSA) is 76.0 Å². The number of amides is 2. The predicted molar refractivity (Wildman–Crippen MR) is 98.0 cm³/mol. The molecule has 0 radical (unpaired) electrons. The molecule has 0 saturated carbocycles. The first kappa shape index (κ1) is 16.7. The Morgan fingerprint density at radius 1 is 1.08 bits per heavy atom. The lowest BCUT2D eigenvalue weighted by atomic mass is 10.1. The molecule has 0 spiro atoms. The first-order valence-corrected chi connectivity index (χ1v) is 7.98. The molecule has 1 aromatic heterocycles. The van der Waals surface area contributed by atoms with Crippen molar-refractivity contribution in [3.05, 3.63) is 58.9 Å². The SMILES string of the molecule is CNC(=O)c1c(C)cccc1NC(=O)c1ccc2c(c1)nc(C)n2C. The molecule has 128 valence electrons.